The number of hydrogen-bond acceptors (Lipinski definition) is 7. The third kappa shape index (κ3) is 5.24. The van der Waals surface area contributed by atoms with E-state index in [1.54, 1.807) is 30.4 Å². The Balaban J connectivity index is 1.20. The summed E-state index contributed by atoms with van der Waals surface area (Å²) >= 11 is 0. The Kier molecular flexibility index (Phi) is 6.69. The second-order valence-electron chi connectivity index (χ2n) is 8.42. The van der Waals surface area contributed by atoms with E-state index < -0.39 is 6.10 Å². The number of rotatable bonds is 5. The summed E-state index contributed by atoms with van der Waals surface area (Å²) in [5.74, 6) is 7.54. The average molecular weight is 481 g/mol. The summed E-state index contributed by atoms with van der Waals surface area (Å²) in [7, 11) is 0. The van der Waals surface area contributed by atoms with Crippen LogP contribution in [0.5, 0.6) is 0 Å². The highest BCUT2D eigenvalue weighted by Gasteiger charge is 2.19. The maximum Gasteiger partial charge on any atom is 0.274 e. The van der Waals surface area contributed by atoms with Crippen LogP contribution in [0.3, 0.4) is 0 Å². The predicted octanol–water partition coefficient (Wildman–Crippen LogP) is 3.25. The molecule has 0 saturated heterocycles. The van der Waals surface area contributed by atoms with Gasteiger partial charge in [-0.15, -0.1) is 0 Å². The predicted molar refractivity (Wildman–Crippen MR) is 131 cm³/mol. The van der Waals surface area contributed by atoms with Crippen LogP contribution in [0.25, 0.3) is 11.3 Å². The molecule has 1 aliphatic heterocycles. The number of benzene rings is 1. The van der Waals surface area contributed by atoms with E-state index in [9.17, 15) is 9.90 Å². The van der Waals surface area contributed by atoms with Crippen molar-refractivity contribution in [1.82, 2.24) is 29.6 Å². The Hall–Kier alpha value is -4.55. The van der Waals surface area contributed by atoms with Gasteiger partial charge in [-0.3, -0.25) is 9.78 Å². The fourth-order valence-corrected chi connectivity index (χ4v) is 3.93. The van der Waals surface area contributed by atoms with Crippen LogP contribution >= 0.6 is 0 Å². The maximum atomic E-state index is 12.5. The van der Waals surface area contributed by atoms with Gasteiger partial charge in [0.2, 0.25) is 0 Å². The van der Waals surface area contributed by atoms with Crippen molar-refractivity contribution in [3.63, 3.8) is 0 Å². The topological polar surface area (TPSA) is 110 Å². The zero-order chi connectivity index (χ0) is 24.9. The molecule has 1 atom stereocenters. The van der Waals surface area contributed by atoms with Crippen molar-refractivity contribution in [2.75, 3.05) is 13.1 Å². The van der Waals surface area contributed by atoms with Crippen LogP contribution < -0.4 is 0 Å². The number of aliphatic hydroxyl groups excluding tert-OH is 1. The minimum Gasteiger partial charge on any atom is -0.385 e. The zero-order valence-corrected chi connectivity index (χ0v) is 19.7. The Morgan fingerprint density at radius 2 is 2.03 bits per heavy atom. The zero-order valence-electron chi connectivity index (χ0n) is 19.7. The quantitative estimate of drug-likeness (QED) is 0.437. The molecule has 0 bridgehead atoms. The second kappa shape index (κ2) is 10.4. The lowest BCUT2D eigenvalue weighted by Gasteiger charge is -2.24. The summed E-state index contributed by atoms with van der Waals surface area (Å²) in [6, 6.07) is 9.67. The number of nitrogens with zero attached hydrogens (tertiary/aromatic N) is 6. The number of aliphatic hydroxyl groups is 1. The Bertz CT molecular complexity index is 1440. The van der Waals surface area contributed by atoms with Gasteiger partial charge in [-0.1, -0.05) is 23.1 Å². The monoisotopic (exact) mass is 480 g/mol. The first-order chi connectivity index (χ1) is 17.6. The molecule has 0 radical (unpaired) electrons. The SMILES string of the molecule is C[C@H](O)c1nccn1Cc1cc(-c2ccc(C#CC3=CCN(C(=O)c4cnccn4)CC3)cc2)on1. The van der Waals surface area contributed by atoms with E-state index >= 15 is 0 Å². The standard InChI is InChI=1S/C27H24N6O3/c1-19(34)26-30-12-15-33(26)18-23-16-25(36-31-23)22-6-4-20(5-7-22)2-3-21-8-13-32(14-9-21)27(35)24-17-28-10-11-29-24/h4-8,10-12,15-17,19,34H,9,13-14,18H2,1H3/t19-/m0/s1. The van der Waals surface area contributed by atoms with Crippen molar-refractivity contribution in [3.05, 3.63) is 95.7 Å². The molecule has 3 aromatic heterocycles. The molecule has 1 aromatic carbocycles. The van der Waals surface area contributed by atoms with Crippen molar-refractivity contribution < 1.29 is 14.4 Å². The lowest BCUT2D eigenvalue weighted by atomic mass is 10.1. The van der Waals surface area contributed by atoms with Gasteiger partial charge >= 0.3 is 0 Å². The summed E-state index contributed by atoms with van der Waals surface area (Å²) in [6.07, 6.45) is 10.0. The third-order valence-electron chi connectivity index (χ3n) is 5.83. The van der Waals surface area contributed by atoms with Crippen LogP contribution in [-0.4, -0.2) is 53.7 Å². The number of carbonyl (C=O) groups excluding carboxylic acids is 1. The lowest BCUT2D eigenvalue weighted by molar-refractivity contribution is 0.0763. The van der Waals surface area contributed by atoms with Gasteiger partial charge in [0.25, 0.3) is 5.91 Å². The molecule has 1 N–H and O–H groups in total. The molecule has 4 heterocycles. The van der Waals surface area contributed by atoms with Gasteiger partial charge < -0.3 is 19.1 Å². The fourth-order valence-electron chi connectivity index (χ4n) is 3.93. The molecule has 0 aliphatic carbocycles. The van der Waals surface area contributed by atoms with Gasteiger partial charge in [-0.2, -0.15) is 0 Å². The average Bonchev–Trinajstić information content (AvgIpc) is 3.58. The molecule has 1 amide bonds. The highest BCUT2D eigenvalue weighted by atomic mass is 16.5. The van der Waals surface area contributed by atoms with Crippen LogP contribution in [0.15, 0.2) is 77.5 Å². The first-order valence-electron chi connectivity index (χ1n) is 11.6. The van der Waals surface area contributed by atoms with Crippen LogP contribution in [-0.2, 0) is 6.54 Å². The molecule has 0 saturated carbocycles. The summed E-state index contributed by atoms with van der Waals surface area (Å²) in [5.41, 5.74) is 3.89. The van der Waals surface area contributed by atoms with Crippen LogP contribution in [0.1, 0.15) is 47.0 Å². The maximum absolute atomic E-state index is 12.5. The van der Waals surface area contributed by atoms with Crippen LogP contribution in [0, 0.1) is 11.8 Å². The van der Waals surface area contributed by atoms with Crippen molar-refractivity contribution in [3.8, 4) is 23.2 Å². The van der Waals surface area contributed by atoms with E-state index in [2.05, 4.69) is 31.9 Å². The van der Waals surface area contributed by atoms with Crippen LogP contribution in [0.2, 0.25) is 0 Å². The Morgan fingerprint density at radius 3 is 2.75 bits per heavy atom. The Morgan fingerprint density at radius 1 is 1.17 bits per heavy atom. The van der Waals surface area contributed by atoms with Crippen molar-refractivity contribution >= 4 is 5.91 Å². The number of hydrogen-bond donors (Lipinski definition) is 1. The lowest BCUT2D eigenvalue weighted by Crippen LogP contribution is -2.35. The minimum absolute atomic E-state index is 0.119. The molecule has 0 fully saturated rings. The van der Waals surface area contributed by atoms with E-state index in [0.29, 0.717) is 43.3 Å². The largest absolute Gasteiger partial charge is 0.385 e. The van der Waals surface area contributed by atoms with E-state index in [4.69, 9.17) is 4.52 Å². The Labute approximate surface area is 208 Å². The second-order valence-corrected chi connectivity index (χ2v) is 8.42. The highest BCUT2D eigenvalue weighted by molar-refractivity contribution is 5.92. The van der Waals surface area contributed by atoms with Gasteiger partial charge in [0, 0.05) is 60.6 Å². The van der Waals surface area contributed by atoms with E-state index in [-0.39, 0.29) is 5.91 Å². The fraction of sp³-hybridized carbons (Fsp3) is 0.222. The summed E-state index contributed by atoms with van der Waals surface area (Å²) < 4.78 is 7.37. The first-order valence-corrected chi connectivity index (χ1v) is 11.6. The van der Waals surface area contributed by atoms with Gasteiger partial charge in [0.15, 0.2) is 5.76 Å². The summed E-state index contributed by atoms with van der Waals surface area (Å²) in [4.78, 5) is 26.4. The van der Waals surface area contributed by atoms with E-state index in [0.717, 1.165) is 22.4 Å². The van der Waals surface area contributed by atoms with Gasteiger partial charge in [0.05, 0.1) is 12.7 Å². The van der Waals surface area contributed by atoms with Crippen molar-refractivity contribution in [2.24, 2.45) is 0 Å². The molecule has 4 aromatic rings. The highest BCUT2D eigenvalue weighted by Crippen LogP contribution is 2.22. The molecule has 36 heavy (non-hydrogen) atoms. The first kappa shape index (κ1) is 23.2. The molecule has 0 unspecified atom stereocenters. The number of amides is 1. The normalized spacial score (nSPS) is 14.1. The molecule has 9 nitrogen and oxygen atoms in total. The third-order valence-corrected chi connectivity index (χ3v) is 5.83. The summed E-state index contributed by atoms with van der Waals surface area (Å²) in [5, 5.41) is 14.0. The molecular weight excluding hydrogens is 456 g/mol. The smallest absolute Gasteiger partial charge is 0.274 e. The number of imidazole rings is 1. The van der Waals surface area contributed by atoms with Crippen molar-refractivity contribution in [1.29, 1.82) is 0 Å². The molecular formula is C27H24N6O3. The molecule has 0 spiro atoms. The number of carbonyl (C=O) groups is 1. The number of aromatic nitrogens is 5. The minimum atomic E-state index is -0.657. The van der Waals surface area contributed by atoms with E-state index in [1.165, 1.54) is 12.4 Å². The van der Waals surface area contributed by atoms with Gasteiger partial charge in [-0.05, 0) is 37.6 Å². The van der Waals surface area contributed by atoms with Gasteiger partial charge in [0.1, 0.15) is 23.3 Å². The van der Waals surface area contributed by atoms with Crippen LogP contribution in [0.4, 0.5) is 0 Å². The molecule has 1 aliphatic rings. The molecule has 180 valence electrons. The van der Waals surface area contributed by atoms with E-state index in [1.807, 2.05) is 41.0 Å². The molecule has 5 rings (SSSR count). The van der Waals surface area contributed by atoms with Crippen molar-refractivity contribution in [2.45, 2.75) is 26.0 Å². The van der Waals surface area contributed by atoms with Gasteiger partial charge in [-0.25, -0.2) is 9.97 Å². The summed E-state index contributed by atoms with van der Waals surface area (Å²) in [6.45, 7) is 3.24. The molecule has 9 heteroatoms.